The minimum absolute atomic E-state index is 0.196. The zero-order valence-electron chi connectivity index (χ0n) is 13.9. The zero-order valence-corrected chi connectivity index (χ0v) is 14.7. The van der Waals surface area contributed by atoms with Crippen molar-refractivity contribution in [3.05, 3.63) is 54.0 Å². The molecule has 1 aromatic carbocycles. The van der Waals surface area contributed by atoms with Crippen molar-refractivity contribution in [2.45, 2.75) is 11.4 Å². The second kappa shape index (κ2) is 7.38. The number of nitrogens with zero attached hydrogens (tertiary/aromatic N) is 2. The molecule has 1 aliphatic heterocycles. The molecule has 0 unspecified atom stereocenters. The molecule has 1 aromatic heterocycles. The van der Waals surface area contributed by atoms with E-state index in [2.05, 4.69) is 4.90 Å². The Labute approximate surface area is 146 Å². The summed E-state index contributed by atoms with van der Waals surface area (Å²) in [6.07, 6.45) is 1.46. The lowest BCUT2D eigenvalue weighted by Crippen LogP contribution is -2.48. The van der Waals surface area contributed by atoms with E-state index in [1.54, 1.807) is 36.4 Å². The Morgan fingerprint density at radius 2 is 1.80 bits per heavy atom. The topological polar surface area (TPSA) is 80.1 Å². The summed E-state index contributed by atoms with van der Waals surface area (Å²) in [7, 11) is -2.15. The molecule has 134 valence electrons. The molecule has 1 saturated heterocycles. The lowest BCUT2D eigenvalue weighted by molar-refractivity contribution is 0.0561. The van der Waals surface area contributed by atoms with E-state index < -0.39 is 16.0 Å². The summed E-state index contributed by atoms with van der Waals surface area (Å²) in [6, 6.07) is 10.2. The van der Waals surface area contributed by atoms with E-state index in [4.69, 9.17) is 9.15 Å². The molecule has 1 aliphatic rings. The number of rotatable bonds is 5. The summed E-state index contributed by atoms with van der Waals surface area (Å²) >= 11 is 0. The minimum Gasteiger partial charge on any atom is -0.463 e. The third kappa shape index (κ3) is 3.76. The summed E-state index contributed by atoms with van der Waals surface area (Å²) in [4.78, 5) is 14.1. The maximum absolute atomic E-state index is 12.6. The Bertz CT molecular complexity index is 824. The smallest absolute Gasteiger partial charge is 0.374 e. The van der Waals surface area contributed by atoms with Crippen LogP contribution in [0.2, 0.25) is 0 Å². The van der Waals surface area contributed by atoms with Gasteiger partial charge in [0.25, 0.3) is 0 Å². The van der Waals surface area contributed by atoms with Crippen LogP contribution in [0.25, 0.3) is 0 Å². The summed E-state index contributed by atoms with van der Waals surface area (Å²) in [5.41, 5.74) is 0.742. The summed E-state index contributed by atoms with van der Waals surface area (Å²) in [5.74, 6) is -0.313. The SMILES string of the molecule is COC(=O)c1occc1CN1CCN(S(=O)(=O)c2ccccc2)CC1. The molecular weight excluding hydrogens is 344 g/mol. The van der Waals surface area contributed by atoms with Crippen LogP contribution in [0.3, 0.4) is 0 Å². The van der Waals surface area contributed by atoms with Gasteiger partial charge in [0, 0.05) is 38.3 Å². The normalized spacial score (nSPS) is 16.7. The van der Waals surface area contributed by atoms with Crippen molar-refractivity contribution < 1.29 is 22.4 Å². The molecule has 0 aliphatic carbocycles. The molecule has 0 spiro atoms. The van der Waals surface area contributed by atoms with E-state index in [9.17, 15) is 13.2 Å². The van der Waals surface area contributed by atoms with E-state index in [0.717, 1.165) is 5.56 Å². The average Bonchev–Trinajstić information content (AvgIpc) is 3.10. The van der Waals surface area contributed by atoms with Crippen molar-refractivity contribution in [1.82, 2.24) is 9.21 Å². The molecule has 2 aromatic rings. The molecule has 0 saturated carbocycles. The second-order valence-electron chi connectivity index (χ2n) is 5.76. The van der Waals surface area contributed by atoms with E-state index >= 15 is 0 Å². The highest BCUT2D eigenvalue weighted by atomic mass is 32.2. The second-order valence-corrected chi connectivity index (χ2v) is 7.70. The molecular formula is C17H20N2O5S. The summed E-state index contributed by atoms with van der Waals surface area (Å²) in [6.45, 7) is 2.49. The number of methoxy groups -OCH3 is 1. The number of furan rings is 1. The maximum Gasteiger partial charge on any atom is 0.374 e. The largest absolute Gasteiger partial charge is 0.463 e. The molecule has 0 atom stereocenters. The Morgan fingerprint density at radius 1 is 1.12 bits per heavy atom. The molecule has 25 heavy (non-hydrogen) atoms. The van der Waals surface area contributed by atoms with Crippen LogP contribution in [0.4, 0.5) is 0 Å². The van der Waals surface area contributed by atoms with E-state index in [1.165, 1.54) is 17.7 Å². The number of carbonyl (C=O) groups is 1. The molecule has 8 heteroatoms. The van der Waals surface area contributed by atoms with Crippen LogP contribution in [0.5, 0.6) is 0 Å². The quantitative estimate of drug-likeness (QED) is 0.750. The molecule has 0 amide bonds. The monoisotopic (exact) mass is 364 g/mol. The van der Waals surface area contributed by atoms with Crippen molar-refractivity contribution in [3.8, 4) is 0 Å². The predicted octanol–water partition coefficient (Wildman–Crippen LogP) is 1.57. The third-order valence-electron chi connectivity index (χ3n) is 4.22. The molecule has 7 nitrogen and oxygen atoms in total. The van der Waals surface area contributed by atoms with Gasteiger partial charge in [0.15, 0.2) is 0 Å². The fourth-order valence-electron chi connectivity index (χ4n) is 2.84. The first-order chi connectivity index (χ1) is 12.0. The van der Waals surface area contributed by atoms with E-state index in [-0.39, 0.29) is 5.76 Å². The Kier molecular flexibility index (Phi) is 5.22. The van der Waals surface area contributed by atoms with Gasteiger partial charge in [-0.2, -0.15) is 4.31 Å². The van der Waals surface area contributed by atoms with Gasteiger partial charge in [-0.1, -0.05) is 18.2 Å². The van der Waals surface area contributed by atoms with Gasteiger partial charge >= 0.3 is 5.97 Å². The first-order valence-electron chi connectivity index (χ1n) is 7.94. The predicted molar refractivity (Wildman–Crippen MR) is 90.5 cm³/mol. The van der Waals surface area contributed by atoms with Crippen molar-refractivity contribution >= 4 is 16.0 Å². The standard InChI is InChI=1S/C17H20N2O5S/c1-23-17(20)16-14(7-12-24-16)13-18-8-10-19(11-9-18)25(21,22)15-5-3-2-4-6-15/h2-7,12H,8-11,13H2,1H3. The summed E-state index contributed by atoms with van der Waals surface area (Å²) < 4.78 is 36.6. The number of esters is 1. The molecule has 2 heterocycles. The average molecular weight is 364 g/mol. The number of ether oxygens (including phenoxy) is 1. The molecule has 3 rings (SSSR count). The third-order valence-corrected chi connectivity index (χ3v) is 6.14. The fraction of sp³-hybridized carbons (Fsp3) is 0.353. The molecule has 0 bridgehead atoms. The van der Waals surface area contributed by atoms with Crippen LogP contribution in [-0.4, -0.2) is 56.9 Å². The first-order valence-corrected chi connectivity index (χ1v) is 9.38. The number of piperazine rings is 1. The highest BCUT2D eigenvalue weighted by Gasteiger charge is 2.29. The van der Waals surface area contributed by atoms with Crippen molar-refractivity contribution in [1.29, 1.82) is 0 Å². The van der Waals surface area contributed by atoms with Gasteiger partial charge in [0.05, 0.1) is 18.3 Å². The van der Waals surface area contributed by atoms with Crippen LogP contribution in [0, 0.1) is 0 Å². The molecule has 0 radical (unpaired) electrons. The van der Waals surface area contributed by atoms with Gasteiger partial charge in [-0.15, -0.1) is 0 Å². The highest BCUT2D eigenvalue weighted by Crippen LogP contribution is 2.19. The first kappa shape index (κ1) is 17.7. The van der Waals surface area contributed by atoms with Crippen LogP contribution >= 0.6 is 0 Å². The van der Waals surface area contributed by atoms with Crippen molar-refractivity contribution in [2.24, 2.45) is 0 Å². The number of benzene rings is 1. The Morgan fingerprint density at radius 3 is 2.44 bits per heavy atom. The maximum atomic E-state index is 12.6. The number of hydrogen-bond acceptors (Lipinski definition) is 6. The number of carbonyl (C=O) groups excluding carboxylic acids is 1. The Hall–Kier alpha value is -2.16. The Balaban J connectivity index is 1.63. The van der Waals surface area contributed by atoms with Crippen molar-refractivity contribution in [2.75, 3.05) is 33.3 Å². The van der Waals surface area contributed by atoms with Gasteiger partial charge in [-0.3, -0.25) is 4.90 Å². The van der Waals surface area contributed by atoms with Gasteiger partial charge in [-0.05, 0) is 18.2 Å². The van der Waals surface area contributed by atoms with Gasteiger partial charge < -0.3 is 9.15 Å². The minimum atomic E-state index is -3.46. The van der Waals surface area contributed by atoms with Crippen LogP contribution in [0.15, 0.2) is 52.0 Å². The number of sulfonamides is 1. The molecule has 0 N–H and O–H groups in total. The van der Waals surface area contributed by atoms with Crippen LogP contribution in [-0.2, 0) is 21.3 Å². The van der Waals surface area contributed by atoms with Gasteiger partial charge in [0.1, 0.15) is 0 Å². The number of hydrogen-bond donors (Lipinski definition) is 0. The van der Waals surface area contributed by atoms with Crippen LogP contribution < -0.4 is 0 Å². The highest BCUT2D eigenvalue weighted by molar-refractivity contribution is 7.89. The van der Waals surface area contributed by atoms with Gasteiger partial charge in [-0.25, -0.2) is 13.2 Å². The lowest BCUT2D eigenvalue weighted by atomic mass is 10.2. The van der Waals surface area contributed by atoms with E-state index in [0.29, 0.717) is 37.6 Å². The molecule has 1 fully saturated rings. The lowest BCUT2D eigenvalue weighted by Gasteiger charge is -2.33. The van der Waals surface area contributed by atoms with Gasteiger partial charge in [0.2, 0.25) is 15.8 Å². The van der Waals surface area contributed by atoms with Crippen LogP contribution in [0.1, 0.15) is 16.1 Å². The zero-order chi connectivity index (χ0) is 17.9. The van der Waals surface area contributed by atoms with E-state index in [1.807, 2.05) is 0 Å². The summed E-state index contributed by atoms with van der Waals surface area (Å²) in [5, 5.41) is 0. The fourth-order valence-corrected chi connectivity index (χ4v) is 4.29. The van der Waals surface area contributed by atoms with Crippen molar-refractivity contribution in [3.63, 3.8) is 0 Å².